The number of carbonyl (C=O) groups excluding carboxylic acids is 2. The fourth-order valence-electron chi connectivity index (χ4n) is 1.37. The zero-order chi connectivity index (χ0) is 12.6. The van der Waals surface area contributed by atoms with Gasteiger partial charge in [-0.25, -0.2) is 0 Å². The van der Waals surface area contributed by atoms with Crippen LogP contribution < -0.4 is 5.32 Å². The van der Waals surface area contributed by atoms with Crippen LogP contribution in [0, 0.1) is 0 Å². The molecular formula is C11H23N3O2. The monoisotopic (exact) mass is 229 g/mol. The topological polar surface area (TPSA) is 52.7 Å². The lowest BCUT2D eigenvalue weighted by Crippen LogP contribution is -2.38. The summed E-state index contributed by atoms with van der Waals surface area (Å²) in [6.45, 7) is 5.85. The molecule has 94 valence electrons. The lowest BCUT2D eigenvalue weighted by atomic mass is 10.3. The lowest BCUT2D eigenvalue weighted by molar-refractivity contribution is -0.129. The number of rotatable bonds is 7. The number of hydrogen-bond donors (Lipinski definition) is 1. The largest absolute Gasteiger partial charge is 0.355 e. The third kappa shape index (κ3) is 8.23. The van der Waals surface area contributed by atoms with Gasteiger partial charge in [0.15, 0.2) is 0 Å². The van der Waals surface area contributed by atoms with Crippen molar-refractivity contribution in [1.82, 2.24) is 15.1 Å². The van der Waals surface area contributed by atoms with E-state index in [2.05, 4.69) is 10.2 Å². The minimum Gasteiger partial charge on any atom is -0.355 e. The van der Waals surface area contributed by atoms with Crippen LogP contribution in [0.4, 0.5) is 0 Å². The second-order valence-electron chi connectivity index (χ2n) is 4.15. The van der Waals surface area contributed by atoms with E-state index in [9.17, 15) is 9.59 Å². The summed E-state index contributed by atoms with van der Waals surface area (Å²) in [4.78, 5) is 25.8. The Hall–Kier alpha value is -1.10. The molecule has 0 fully saturated rings. The third-order valence-electron chi connectivity index (χ3n) is 2.23. The van der Waals surface area contributed by atoms with E-state index in [0.29, 0.717) is 13.1 Å². The van der Waals surface area contributed by atoms with Gasteiger partial charge in [-0.1, -0.05) is 0 Å². The fraction of sp³-hybridized carbons (Fsp3) is 0.818. The van der Waals surface area contributed by atoms with Gasteiger partial charge in [0.05, 0.1) is 0 Å². The summed E-state index contributed by atoms with van der Waals surface area (Å²) in [6.07, 6.45) is 0.951. The maximum absolute atomic E-state index is 11.3. The van der Waals surface area contributed by atoms with Gasteiger partial charge >= 0.3 is 0 Å². The molecule has 0 unspecified atom stereocenters. The van der Waals surface area contributed by atoms with Crippen LogP contribution in [-0.2, 0) is 9.59 Å². The Kier molecular flexibility index (Phi) is 7.54. The van der Waals surface area contributed by atoms with Gasteiger partial charge in [0, 0.05) is 33.5 Å². The summed E-state index contributed by atoms with van der Waals surface area (Å²) in [6, 6.07) is 0. The molecule has 0 saturated heterocycles. The van der Waals surface area contributed by atoms with Crippen molar-refractivity contribution in [2.75, 3.05) is 40.3 Å². The van der Waals surface area contributed by atoms with E-state index in [1.807, 2.05) is 14.1 Å². The minimum atomic E-state index is -0.0585. The molecule has 5 nitrogen and oxygen atoms in total. The first-order valence-electron chi connectivity index (χ1n) is 5.58. The molecule has 0 aromatic rings. The Morgan fingerprint density at radius 2 is 1.69 bits per heavy atom. The van der Waals surface area contributed by atoms with Gasteiger partial charge in [-0.05, 0) is 27.1 Å². The van der Waals surface area contributed by atoms with Crippen LogP contribution in [0.2, 0.25) is 0 Å². The number of nitrogens with zero attached hydrogens (tertiary/aromatic N) is 2. The van der Waals surface area contributed by atoms with E-state index in [0.717, 1.165) is 19.5 Å². The maximum Gasteiger partial charge on any atom is 0.219 e. The molecule has 5 heteroatoms. The van der Waals surface area contributed by atoms with Gasteiger partial charge in [0.2, 0.25) is 11.8 Å². The van der Waals surface area contributed by atoms with Crippen LogP contribution in [0.3, 0.4) is 0 Å². The highest BCUT2D eigenvalue weighted by Gasteiger charge is 2.07. The highest BCUT2D eigenvalue weighted by Crippen LogP contribution is 1.93. The second-order valence-corrected chi connectivity index (χ2v) is 4.15. The van der Waals surface area contributed by atoms with Crippen LogP contribution in [0.1, 0.15) is 20.3 Å². The molecule has 0 aromatic heterocycles. The molecule has 0 aliphatic carbocycles. The molecule has 0 aromatic carbocycles. The summed E-state index contributed by atoms with van der Waals surface area (Å²) in [5.41, 5.74) is 0. The smallest absolute Gasteiger partial charge is 0.219 e. The Balaban J connectivity index is 3.80. The molecule has 16 heavy (non-hydrogen) atoms. The normalized spacial score (nSPS) is 10.3. The van der Waals surface area contributed by atoms with Gasteiger partial charge in [0.1, 0.15) is 0 Å². The van der Waals surface area contributed by atoms with E-state index in [4.69, 9.17) is 0 Å². The zero-order valence-corrected chi connectivity index (χ0v) is 10.7. The predicted octanol–water partition coefficient (Wildman–Crippen LogP) is -0.0773. The Morgan fingerprint density at radius 1 is 1.06 bits per heavy atom. The summed E-state index contributed by atoms with van der Waals surface area (Å²) in [5.74, 6) is 0.000835. The van der Waals surface area contributed by atoms with Crippen LogP contribution >= 0.6 is 0 Å². The molecule has 1 N–H and O–H groups in total. The van der Waals surface area contributed by atoms with Crippen molar-refractivity contribution >= 4 is 11.8 Å². The Morgan fingerprint density at radius 3 is 2.12 bits per heavy atom. The van der Waals surface area contributed by atoms with Crippen molar-refractivity contribution in [3.8, 4) is 0 Å². The zero-order valence-electron chi connectivity index (χ0n) is 10.7. The molecule has 0 atom stereocenters. The summed E-state index contributed by atoms with van der Waals surface area (Å²) >= 11 is 0. The highest BCUT2D eigenvalue weighted by atomic mass is 16.2. The van der Waals surface area contributed by atoms with E-state index in [1.54, 1.807) is 11.8 Å². The van der Waals surface area contributed by atoms with Crippen molar-refractivity contribution in [3.63, 3.8) is 0 Å². The second kappa shape index (κ2) is 8.10. The third-order valence-corrected chi connectivity index (χ3v) is 2.23. The fourth-order valence-corrected chi connectivity index (χ4v) is 1.37. The van der Waals surface area contributed by atoms with E-state index in [1.165, 1.54) is 6.92 Å². The van der Waals surface area contributed by atoms with Crippen LogP contribution in [-0.4, -0.2) is 61.9 Å². The molecule has 0 bridgehead atoms. The Bertz CT molecular complexity index is 229. The van der Waals surface area contributed by atoms with Gasteiger partial charge in [-0.15, -0.1) is 0 Å². The minimum absolute atomic E-state index is 0.0585. The standard InChI is InChI=1S/C11H23N3O2/c1-10(15)12-6-9-14(11(2)16)8-5-7-13(3)4/h5-9H2,1-4H3,(H,12,15). The molecule has 0 heterocycles. The van der Waals surface area contributed by atoms with Gasteiger partial charge in [-0.2, -0.15) is 0 Å². The van der Waals surface area contributed by atoms with E-state index < -0.39 is 0 Å². The molecule has 0 saturated carbocycles. The van der Waals surface area contributed by atoms with Crippen LogP contribution in [0.5, 0.6) is 0 Å². The van der Waals surface area contributed by atoms with E-state index in [-0.39, 0.29) is 11.8 Å². The van der Waals surface area contributed by atoms with Gasteiger partial charge in [0.25, 0.3) is 0 Å². The van der Waals surface area contributed by atoms with Crippen molar-refractivity contribution in [1.29, 1.82) is 0 Å². The van der Waals surface area contributed by atoms with Gasteiger partial charge < -0.3 is 15.1 Å². The maximum atomic E-state index is 11.3. The van der Waals surface area contributed by atoms with Crippen molar-refractivity contribution in [2.45, 2.75) is 20.3 Å². The molecule has 0 spiro atoms. The number of nitrogens with one attached hydrogen (secondary N) is 1. The SMILES string of the molecule is CC(=O)NCCN(CCCN(C)C)C(C)=O. The summed E-state index contributed by atoms with van der Waals surface area (Å²) in [5, 5.41) is 2.69. The van der Waals surface area contributed by atoms with Crippen LogP contribution in [0.15, 0.2) is 0 Å². The van der Waals surface area contributed by atoms with Gasteiger partial charge in [-0.3, -0.25) is 9.59 Å². The highest BCUT2D eigenvalue weighted by molar-refractivity contribution is 5.74. The predicted molar refractivity (Wildman–Crippen MR) is 64.1 cm³/mol. The average molecular weight is 229 g/mol. The summed E-state index contributed by atoms with van der Waals surface area (Å²) < 4.78 is 0. The molecular weight excluding hydrogens is 206 g/mol. The molecule has 0 rings (SSSR count). The van der Waals surface area contributed by atoms with E-state index >= 15 is 0 Å². The first-order valence-corrected chi connectivity index (χ1v) is 5.58. The van der Waals surface area contributed by atoms with Crippen molar-refractivity contribution < 1.29 is 9.59 Å². The lowest BCUT2D eigenvalue weighted by Gasteiger charge is -2.22. The van der Waals surface area contributed by atoms with Crippen molar-refractivity contribution in [3.05, 3.63) is 0 Å². The molecule has 2 amide bonds. The first kappa shape index (κ1) is 14.9. The van der Waals surface area contributed by atoms with Crippen LogP contribution in [0.25, 0.3) is 0 Å². The summed E-state index contributed by atoms with van der Waals surface area (Å²) in [7, 11) is 4.02. The molecule has 0 aliphatic rings. The molecule has 0 aliphatic heterocycles. The molecule has 0 radical (unpaired) electrons. The van der Waals surface area contributed by atoms with Crippen molar-refractivity contribution in [2.24, 2.45) is 0 Å². The number of amides is 2. The number of carbonyl (C=O) groups is 2. The first-order chi connectivity index (χ1) is 7.43. The Labute approximate surface area is 97.8 Å². The number of hydrogen-bond acceptors (Lipinski definition) is 3. The average Bonchev–Trinajstić information content (AvgIpc) is 2.14. The quantitative estimate of drug-likeness (QED) is 0.664.